The minimum absolute atomic E-state index is 0.000792. The molecule has 134 valence electrons. The minimum Gasteiger partial charge on any atom is -0.385 e. The van der Waals surface area contributed by atoms with Crippen LogP contribution in [-0.2, 0) is 0 Å². The van der Waals surface area contributed by atoms with E-state index in [4.69, 9.17) is 0 Å². The molecular formula is C21H28FN3. The van der Waals surface area contributed by atoms with E-state index in [1.54, 1.807) is 6.08 Å². The topological polar surface area (TPSA) is 27.3 Å². The van der Waals surface area contributed by atoms with Gasteiger partial charge in [-0.15, -0.1) is 0 Å². The van der Waals surface area contributed by atoms with Crippen molar-refractivity contribution >= 4 is 0 Å². The third-order valence-electron chi connectivity index (χ3n) is 5.65. The van der Waals surface area contributed by atoms with Gasteiger partial charge in [-0.2, -0.15) is 0 Å². The summed E-state index contributed by atoms with van der Waals surface area (Å²) in [6, 6.07) is 0.535. The summed E-state index contributed by atoms with van der Waals surface area (Å²) in [5, 5.41) is 7.26. The van der Waals surface area contributed by atoms with Gasteiger partial charge in [-0.1, -0.05) is 18.2 Å². The molecule has 3 nitrogen and oxygen atoms in total. The molecule has 4 heteroatoms. The second kappa shape index (κ2) is 7.30. The number of rotatable bonds is 3. The van der Waals surface area contributed by atoms with Gasteiger partial charge in [0.2, 0.25) is 0 Å². The maximum absolute atomic E-state index is 13.8. The molecule has 0 radical (unpaired) electrons. The number of piperidine rings is 1. The van der Waals surface area contributed by atoms with Crippen LogP contribution in [0.15, 0.2) is 58.6 Å². The van der Waals surface area contributed by atoms with Gasteiger partial charge in [0.1, 0.15) is 5.83 Å². The first kappa shape index (κ1) is 16.8. The molecule has 0 amide bonds. The van der Waals surface area contributed by atoms with E-state index >= 15 is 0 Å². The molecule has 25 heavy (non-hydrogen) atoms. The Bertz CT molecular complexity index is 677. The number of halogens is 1. The largest absolute Gasteiger partial charge is 0.385 e. The summed E-state index contributed by atoms with van der Waals surface area (Å²) < 4.78 is 13.8. The third-order valence-corrected chi connectivity index (χ3v) is 5.65. The van der Waals surface area contributed by atoms with Crippen LogP contribution in [0.5, 0.6) is 0 Å². The van der Waals surface area contributed by atoms with E-state index in [9.17, 15) is 4.39 Å². The van der Waals surface area contributed by atoms with Crippen molar-refractivity contribution in [3.63, 3.8) is 0 Å². The van der Waals surface area contributed by atoms with E-state index in [0.717, 1.165) is 56.6 Å². The lowest BCUT2D eigenvalue weighted by Gasteiger charge is -2.37. The highest BCUT2D eigenvalue weighted by molar-refractivity contribution is 5.56. The highest BCUT2D eigenvalue weighted by Gasteiger charge is 2.29. The number of hydrogen-bond donors (Lipinski definition) is 2. The monoisotopic (exact) mass is 341 g/mol. The Kier molecular flexibility index (Phi) is 4.91. The van der Waals surface area contributed by atoms with E-state index in [-0.39, 0.29) is 5.83 Å². The van der Waals surface area contributed by atoms with Crippen molar-refractivity contribution < 1.29 is 4.39 Å². The minimum atomic E-state index is -0.000792. The van der Waals surface area contributed by atoms with Gasteiger partial charge < -0.3 is 15.5 Å². The molecule has 0 spiro atoms. The van der Waals surface area contributed by atoms with E-state index in [0.29, 0.717) is 18.4 Å². The summed E-state index contributed by atoms with van der Waals surface area (Å²) in [6.45, 7) is 4.20. The smallest absolute Gasteiger partial charge is 0.101 e. The first-order valence-electron chi connectivity index (χ1n) is 9.55. The zero-order valence-electron chi connectivity index (χ0n) is 15.0. The SMILES string of the molecule is CN1CC=C2C=C(C3=CCCC(F)=C3)C=C(NC3CCNCC3)C2C1. The molecule has 2 aliphatic carbocycles. The predicted octanol–water partition coefficient (Wildman–Crippen LogP) is 3.21. The van der Waals surface area contributed by atoms with E-state index < -0.39 is 0 Å². The third kappa shape index (κ3) is 3.80. The molecule has 4 rings (SSSR count). The number of likely N-dealkylation sites (N-methyl/N-ethyl adjacent to an activating group) is 1. The summed E-state index contributed by atoms with van der Waals surface area (Å²) in [4.78, 5) is 2.37. The molecule has 2 heterocycles. The van der Waals surface area contributed by atoms with Crippen LogP contribution in [0.25, 0.3) is 0 Å². The summed E-state index contributed by atoms with van der Waals surface area (Å²) in [7, 11) is 2.18. The second-order valence-corrected chi connectivity index (χ2v) is 7.64. The fraction of sp³-hybridized carbons (Fsp3) is 0.524. The zero-order valence-corrected chi connectivity index (χ0v) is 15.0. The fourth-order valence-electron chi connectivity index (χ4n) is 4.20. The Hall–Kier alpha value is -1.65. The van der Waals surface area contributed by atoms with E-state index in [2.05, 4.69) is 46.9 Å². The summed E-state index contributed by atoms with van der Waals surface area (Å²) in [5.74, 6) is 0.412. The highest BCUT2D eigenvalue weighted by Crippen LogP contribution is 2.35. The molecule has 0 saturated carbocycles. The van der Waals surface area contributed by atoms with Crippen LogP contribution in [0.3, 0.4) is 0 Å². The Morgan fingerprint density at radius 1 is 1.12 bits per heavy atom. The fourth-order valence-corrected chi connectivity index (χ4v) is 4.20. The lowest BCUT2D eigenvalue weighted by Crippen LogP contribution is -2.43. The number of nitrogens with one attached hydrogen (secondary N) is 2. The van der Waals surface area contributed by atoms with Crippen LogP contribution in [-0.4, -0.2) is 44.2 Å². The van der Waals surface area contributed by atoms with E-state index in [1.807, 2.05) is 0 Å². The number of fused-ring (bicyclic) bond motifs is 1. The van der Waals surface area contributed by atoms with Gasteiger partial charge in [0.25, 0.3) is 0 Å². The van der Waals surface area contributed by atoms with E-state index in [1.165, 1.54) is 11.3 Å². The molecule has 1 atom stereocenters. The lowest BCUT2D eigenvalue weighted by atomic mass is 9.82. The van der Waals surface area contributed by atoms with Crippen molar-refractivity contribution in [1.29, 1.82) is 0 Å². The molecule has 0 bridgehead atoms. The van der Waals surface area contributed by atoms with Crippen molar-refractivity contribution in [2.24, 2.45) is 5.92 Å². The van der Waals surface area contributed by atoms with Gasteiger partial charge in [0.05, 0.1) is 0 Å². The maximum Gasteiger partial charge on any atom is 0.101 e. The molecule has 0 aromatic heterocycles. The van der Waals surface area contributed by atoms with Crippen LogP contribution in [0.1, 0.15) is 25.7 Å². The Balaban J connectivity index is 1.63. The first-order chi connectivity index (χ1) is 12.2. The Morgan fingerprint density at radius 3 is 2.76 bits per heavy atom. The standard InChI is InChI=1S/C21H28FN3/c1-25-10-7-16-11-17(15-3-2-4-18(22)12-15)13-21(20(16)14-25)24-19-5-8-23-9-6-19/h3,7,11-13,19-20,23-24H,2,4-6,8-10,14H2,1H3. The summed E-state index contributed by atoms with van der Waals surface area (Å²) >= 11 is 0. The molecular weight excluding hydrogens is 313 g/mol. The van der Waals surface area contributed by atoms with Crippen molar-refractivity contribution in [2.45, 2.75) is 31.7 Å². The zero-order chi connectivity index (χ0) is 17.2. The molecule has 1 unspecified atom stereocenters. The van der Waals surface area contributed by atoms with Gasteiger partial charge in [-0.3, -0.25) is 0 Å². The van der Waals surface area contributed by atoms with Crippen molar-refractivity contribution in [1.82, 2.24) is 15.5 Å². The molecule has 1 saturated heterocycles. The molecule has 2 N–H and O–H groups in total. The van der Waals surface area contributed by atoms with Gasteiger partial charge in [0.15, 0.2) is 0 Å². The molecule has 2 aliphatic heterocycles. The molecule has 1 fully saturated rings. The first-order valence-corrected chi connectivity index (χ1v) is 9.55. The highest BCUT2D eigenvalue weighted by atomic mass is 19.1. The quantitative estimate of drug-likeness (QED) is 0.825. The number of allylic oxidation sites excluding steroid dienone is 7. The Morgan fingerprint density at radius 2 is 1.96 bits per heavy atom. The number of hydrogen-bond acceptors (Lipinski definition) is 3. The normalized spacial score (nSPS) is 28.2. The van der Waals surface area contributed by atoms with Gasteiger partial charge in [0, 0.05) is 37.2 Å². The van der Waals surface area contributed by atoms with Crippen LogP contribution in [0.2, 0.25) is 0 Å². The molecule has 0 aromatic carbocycles. The van der Waals surface area contributed by atoms with Crippen LogP contribution in [0.4, 0.5) is 4.39 Å². The van der Waals surface area contributed by atoms with Crippen molar-refractivity contribution in [2.75, 3.05) is 33.2 Å². The summed E-state index contributed by atoms with van der Waals surface area (Å²) in [5.41, 5.74) is 4.87. The van der Waals surface area contributed by atoms with Gasteiger partial charge in [-0.05, 0) is 68.3 Å². The molecule has 4 aliphatic rings. The van der Waals surface area contributed by atoms with Gasteiger partial charge in [-0.25, -0.2) is 4.39 Å². The Labute approximate surface area is 150 Å². The van der Waals surface area contributed by atoms with Crippen LogP contribution < -0.4 is 10.6 Å². The molecule has 0 aromatic rings. The van der Waals surface area contributed by atoms with Gasteiger partial charge >= 0.3 is 0 Å². The van der Waals surface area contributed by atoms with Crippen LogP contribution >= 0.6 is 0 Å². The lowest BCUT2D eigenvalue weighted by molar-refractivity contribution is 0.308. The second-order valence-electron chi connectivity index (χ2n) is 7.64. The number of nitrogens with zero attached hydrogens (tertiary/aromatic N) is 1. The maximum atomic E-state index is 13.8. The van der Waals surface area contributed by atoms with Crippen molar-refractivity contribution in [3.05, 3.63) is 58.6 Å². The van der Waals surface area contributed by atoms with Crippen molar-refractivity contribution in [3.8, 4) is 0 Å². The average Bonchev–Trinajstić information content (AvgIpc) is 2.63. The average molecular weight is 341 g/mol. The summed E-state index contributed by atoms with van der Waals surface area (Å²) in [6.07, 6.45) is 14.4. The predicted molar refractivity (Wildman–Crippen MR) is 101 cm³/mol. The van der Waals surface area contributed by atoms with Crippen LogP contribution in [0, 0.1) is 5.92 Å².